The van der Waals surface area contributed by atoms with Crippen molar-refractivity contribution >= 4 is 0 Å². The molecule has 4 spiro atoms. The zero-order chi connectivity index (χ0) is 89.2. The number of hydrogen-bond acceptors (Lipinski definition) is 0. The van der Waals surface area contributed by atoms with Crippen molar-refractivity contribution in [2.24, 2.45) is 185 Å². The van der Waals surface area contributed by atoms with E-state index < -0.39 is 0 Å². The second kappa shape index (κ2) is 32.9. The molecule has 4 heteroatoms. The molecule has 0 radical (unpaired) electrons. The van der Waals surface area contributed by atoms with E-state index in [0.29, 0.717) is 21.7 Å². The molecule has 1 aliphatic heterocycles. The highest BCUT2D eigenvalue weighted by molar-refractivity contribution is 5.56. The van der Waals surface area contributed by atoms with Gasteiger partial charge in [-0.3, -0.25) is 0 Å². The molecule has 4 nitrogen and oxygen atoms in total. The third-order valence-electron chi connectivity index (χ3n) is 48.0. The van der Waals surface area contributed by atoms with Crippen molar-refractivity contribution in [3.63, 3.8) is 0 Å². The van der Waals surface area contributed by atoms with Crippen LogP contribution in [0.1, 0.15) is 467 Å². The Morgan fingerprint density at radius 1 is 0.258 bits per heavy atom. The molecule has 704 valence electrons. The van der Waals surface area contributed by atoms with Gasteiger partial charge in [-0.1, -0.05) is 262 Å². The zero-order valence-corrected chi connectivity index (χ0v) is 85.9. The van der Waals surface area contributed by atoms with Crippen molar-refractivity contribution in [2.45, 2.75) is 443 Å². The molecule has 128 heavy (non-hydrogen) atoms. The average Bonchev–Trinajstić information content (AvgIpc) is 1.47. The first kappa shape index (κ1) is 90.5. The summed E-state index contributed by atoms with van der Waals surface area (Å²) in [7, 11) is 0. The van der Waals surface area contributed by atoms with E-state index in [1.165, 1.54) is 302 Å². The van der Waals surface area contributed by atoms with Crippen LogP contribution in [-0.4, -0.2) is 19.9 Å². The van der Waals surface area contributed by atoms with E-state index in [1.807, 2.05) is 22.3 Å². The number of fused-ring (bicyclic) bond motifs is 36. The number of rotatable bonds is 20. The van der Waals surface area contributed by atoms with E-state index in [-0.39, 0.29) is 43.3 Å². The van der Waals surface area contributed by atoms with Crippen molar-refractivity contribution in [3.8, 4) is 0 Å². The Bertz CT molecular complexity index is 4220. The van der Waals surface area contributed by atoms with Gasteiger partial charge < -0.3 is 19.9 Å². The van der Waals surface area contributed by atoms with Gasteiger partial charge in [0.15, 0.2) is 0 Å². The van der Waals surface area contributed by atoms with Crippen LogP contribution >= 0.6 is 0 Å². The van der Waals surface area contributed by atoms with Gasteiger partial charge in [-0.25, -0.2) is 0 Å². The van der Waals surface area contributed by atoms with Gasteiger partial charge in [0, 0.05) is 45.6 Å². The minimum atomic E-state index is -0.332. The molecule has 15 unspecified atom stereocenters. The van der Waals surface area contributed by atoms with Gasteiger partial charge >= 0.3 is 0 Å². The smallest absolute Gasteiger partial charge is 0.0686 e. The summed E-state index contributed by atoms with van der Waals surface area (Å²) in [6.45, 7) is 53.0. The van der Waals surface area contributed by atoms with Crippen LogP contribution in [0.3, 0.4) is 0 Å². The molecule has 0 aromatic carbocycles. The van der Waals surface area contributed by atoms with E-state index >= 15 is 0 Å². The fourth-order valence-corrected chi connectivity index (χ4v) is 40.6. The SMILES string of the molecule is CC(C)CCCC(C)[C@H]1CC2C3CCC4=CC5(CC[C@]4(C)C3CC[C@]2(C)C1)c1ccc([nH]1)C1(C=C2CCC3C(CC[C@@]4(C)C3CC[C@@H]4[C@H](C)CCCC(C)C)[C@@]2(C)CC1)c1ccc([nH]1)C1(C=C2CCC3C(CC[C@]4(C)C3CC[C@H]4[C@@H](C)CCCC(C)C)[C@]2(C)CC1)c1ccc([nH]1)C1(C=C2CCC3C(CC[C@@]4(C)C3CC[C@@H]4[C@H](C)CCCC(C)C)[C@@]2(C)CC1)c1ccc5[nH]1. The molecular formula is C124H188N4. The number of aromatic amines is 4. The van der Waals surface area contributed by atoms with Crippen molar-refractivity contribution < 1.29 is 0 Å². The van der Waals surface area contributed by atoms with E-state index in [9.17, 15) is 0 Å². The van der Waals surface area contributed by atoms with E-state index in [1.54, 1.807) is 0 Å². The van der Waals surface area contributed by atoms with Gasteiger partial charge in [-0.2, -0.15) is 0 Å². The molecule has 4 aromatic heterocycles. The lowest BCUT2D eigenvalue weighted by Crippen LogP contribution is -2.52. The first-order chi connectivity index (χ1) is 61.1. The van der Waals surface area contributed by atoms with Crippen LogP contribution in [-0.2, 0) is 21.7 Å². The number of nitrogens with one attached hydrogen (secondary N) is 4. The molecule has 0 amide bonds. The number of H-pyrrole nitrogens is 4. The molecule has 12 fully saturated rings. The van der Waals surface area contributed by atoms with Crippen LogP contribution in [0.25, 0.3) is 0 Å². The molecule has 16 aliphatic carbocycles. The lowest BCUT2D eigenvalue weighted by molar-refractivity contribution is -0.0609. The van der Waals surface area contributed by atoms with Crippen LogP contribution < -0.4 is 0 Å². The van der Waals surface area contributed by atoms with Gasteiger partial charge in [0.2, 0.25) is 0 Å². The Morgan fingerprint density at radius 3 is 0.773 bits per heavy atom. The molecule has 4 aromatic rings. The Labute approximate surface area is 783 Å². The summed E-state index contributed by atoms with van der Waals surface area (Å²) < 4.78 is 0. The summed E-state index contributed by atoms with van der Waals surface area (Å²) in [5, 5.41) is 0. The summed E-state index contributed by atoms with van der Waals surface area (Å²) >= 11 is 0. The minimum Gasteiger partial charge on any atom is -0.360 e. The number of hydrogen-bond donors (Lipinski definition) is 4. The fourth-order valence-electron chi connectivity index (χ4n) is 40.6. The molecule has 8 bridgehead atoms. The van der Waals surface area contributed by atoms with Crippen LogP contribution in [0.15, 0.2) is 95.1 Å². The van der Waals surface area contributed by atoms with Crippen LogP contribution in [0.2, 0.25) is 0 Å². The van der Waals surface area contributed by atoms with Gasteiger partial charge in [0.25, 0.3) is 0 Å². The monoisotopic (exact) mass is 1730 g/mol. The van der Waals surface area contributed by atoms with Gasteiger partial charge in [-0.05, 0) is 439 Å². The van der Waals surface area contributed by atoms with Crippen LogP contribution in [0.5, 0.6) is 0 Å². The lowest BCUT2D eigenvalue weighted by atomic mass is 9.45. The predicted molar refractivity (Wildman–Crippen MR) is 538 cm³/mol. The van der Waals surface area contributed by atoms with E-state index in [4.69, 9.17) is 19.9 Å². The third-order valence-corrected chi connectivity index (χ3v) is 48.0. The summed E-state index contributed by atoms with van der Waals surface area (Å²) in [6.07, 6.45) is 72.6. The predicted octanol–water partition coefficient (Wildman–Crippen LogP) is 34.6. The highest BCUT2D eigenvalue weighted by Gasteiger charge is 2.67. The minimum absolute atomic E-state index is 0.210. The summed E-state index contributed by atoms with van der Waals surface area (Å²) in [4.78, 5) is 19.1. The zero-order valence-electron chi connectivity index (χ0n) is 85.9. The second-order valence-corrected chi connectivity index (χ2v) is 55.3. The van der Waals surface area contributed by atoms with Crippen molar-refractivity contribution in [1.82, 2.24) is 19.9 Å². The Balaban J connectivity index is 0.690. The quantitative estimate of drug-likeness (QED) is 0.0638. The van der Waals surface area contributed by atoms with E-state index in [2.05, 4.69) is 211 Å². The fraction of sp³-hybridized carbons (Fsp3) is 0.806. The van der Waals surface area contributed by atoms with Crippen molar-refractivity contribution in [1.29, 1.82) is 0 Å². The molecule has 4 N–H and O–H groups in total. The molecule has 30 atom stereocenters. The molecule has 12 saturated carbocycles. The van der Waals surface area contributed by atoms with Gasteiger partial charge in [0.05, 0.1) is 21.7 Å². The largest absolute Gasteiger partial charge is 0.360 e. The Hall–Kier alpha value is -3.92. The highest BCUT2D eigenvalue weighted by atomic mass is 14.9. The Morgan fingerprint density at radius 2 is 0.508 bits per heavy atom. The van der Waals surface area contributed by atoms with Crippen LogP contribution in [0.4, 0.5) is 0 Å². The summed E-state index contributed by atoms with van der Waals surface area (Å²) in [5.41, 5.74) is 20.4. The van der Waals surface area contributed by atoms with Gasteiger partial charge in [0.1, 0.15) is 0 Å². The number of allylic oxidation sites excluding steroid dienone is 8. The molecule has 17 aliphatic rings. The standard InChI is InChI=1S/C124H188N4/c1-77(2)25-21-29-81(9)85-71-104-93-40-36-89-76-121(67-63-114(89,14)100(93)55-59-113(104,13)72-85)105-47-49-107(125-105)122(68-64-115(15)86(73-122)33-37-90-97-44-41-94(82(10)30-22-26-78(3)4)118(97,18)60-56-101(90)115)109-51-53-111(127-109)124(70-66-117(17)88(75-124)35-39-92-99-46-43-96(84(12)32-24-28-80(7)8)120(99,20)62-58-103(92)117)112-54-52-110(128-112)123(108-50-48-106(121)126-108)69-65-116(16)87(74-123)34-38-91-98-45-42-95(83(11)31-23-27-79(5)6)119(98,19)61-57-102(91)116/h47-54,73-85,90-104,125-128H,21-46,55-72H2,1-20H3/t81?,82-,83-,84+,85+,90?,91?,92?,93?,94-,95-,96+,97?,98?,99?,100?,101?,102?,103?,104?,113-,114+,115+,116+,117-,118-,119-,120+,121?,122?,123?,124?/m1/s1. The molecule has 5 heterocycles. The maximum absolute atomic E-state index is 4.79. The molecular weight excluding hydrogens is 1550 g/mol. The normalized spacial score (nSPS) is 45.1. The third kappa shape index (κ3) is 14.0. The van der Waals surface area contributed by atoms with Crippen LogP contribution in [0, 0.1) is 185 Å². The van der Waals surface area contributed by atoms with E-state index in [0.717, 1.165) is 168 Å². The molecule has 0 saturated heterocycles. The van der Waals surface area contributed by atoms with Crippen molar-refractivity contribution in [2.75, 3.05) is 0 Å². The average molecular weight is 1730 g/mol. The Kier molecular flexibility index (Phi) is 23.3. The second-order valence-electron chi connectivity index (χ2n) is 55.3. The summed E-state index contributed by atoms with van der Waals surface area (Å²) in [5.74, 6) is 20.1. The lowest BCUT2D eigenvalue weighted by Gasteiger charge is -2.60. The maximum Gasteiger partial charge on any atom is 0.0686 e. The highest BCUT2D eigenvalue weighted by Crippen LogP contribution is 2.76. The van der Waals surface area contributed by atoms with Gasteiger partial charge in [-0.15, -0.1) is 0 Å². The number of aromatic nitrogens is 4. The summed E-state index contributed by atoms with van der Waals surface area (Å²) in [6, 6.07) is 21.7. The first-order valence-electron chi connectivity index (χ1n) is 56.8. The topological polar surface area (TPSA) is 63.2 Å². The van der Waals surface area contributed by atoms with Crippen molar-refractivity contribution in [3.05, 3.63) is 141 Å². The maximum atomic E-state index is 4.79. The first-order valence-corrected chi connectivity index (χ1v) is 56.8. The molecule has 21 rings (SSSR count).